The van der Waals surface area contributed by atoms with Crippen LogP contribution in [0, 0.1) is 0 Å². The number of hydrogen-bond donors (Lipinski definition) is 2. The van der Waals surface area contributed by atoms with Crippen molar-refractivity contribution in [2.45, 2.75) is 13.0 Å². The van der Waals surface area contributed by atoms with Gasteiger partial charge in [-0.1, -0.05) is 40.2 Å². The maximum Gasteiger partial charge on any atom is 0.335 e. The van der Waals surface area contributed by atoms with Crippen LogP contribution >= 0.6 is 15.9 Å². The number of carboxylic acids is 1. The molecule has 0 saturated heterocycles. The number of aromatic carboxylic acids is 1. The SMILES string of the molecule is O=C(O)c1cccc(CNCCc2ccc(Br)cc2)c1. The van der Waals surface area contributed by atoms with E-state index in [1.54, 1.807) is 18.2 Å². The van der Waals surface area contributed by atoms with E-state index in [1.165, 1.54) is 5.56 Å². The van der Waals surface area contributed by atoms with E-state index in [2.05, 4.69) is 33.4 Å². The quantitative estimate of drug-likeness (QED) is 0.795. The number of benzene rings is 2. The summed E-state index contributed by atoms with van der Waals surface area (Å²) in [7, 11) is 0. The van der Waals surface area contributed by atoms with Gasteiger partial charge in [0.15, 0.2) is 0 Å². The molecule has 0 unspecified atom stereocenters. The van der Waals surface area contributed by atoms with Gasteiger partial charge in [-0.25, -0.2) is 4.79 Å². The Hall–Kier alpha value is -1.65. The van der Waals surface area contributed by atoms with Crippen LogP contribution < -0.4 is 5.32 Å². The predicted molar refractivity (Wildman–Crippen MR) is 83.0 cm³/mol. The second-order valence-corrected chi connectivity index (χ2v) is 5.47. The summed E-state index contributed by atoms with van der Waals surface area (Å²) in [6.07, 6.45) is 0.950. The molecule has 0 aliphatic heterocycles. The average Bonchev–Trinajstić information content (AvgIpc) is 2.46. The largest absolute Gasteiger partial charge is 0.478 e. The van der Waals surface area contributed by atoms with E-state index in [9.17, 15) is 4.79 Å². The van der Waals surface area contributed by atoms with Crippen molar-refractivity contribution in [1.82, 2.24) is 5.32 Å². The molecular formula is C16H16BrNO2. The van der Waals surface area contributed by atoms with Crippen molar-refractivity contribution in [2.75, 3.05) is 6.54 Å². The van der Waals surface area contributed by atoms with E-state index < -0.39 is 5.97 Å². The van der Waals surface area contributed by atoms with Gasteiger partial charge in [-0.15, -0.1) is 0 Å². The minimum Gasteiger partial charge on any atom is -0.478 e. The first kappa shape index (κ1) is 14.8. The molecule has 0 bridgehead atoms. The van der Waals surface area contributed by atoms with Crippen molar-refractivity contribution >= 4 is 21.9 Å². The van der Waals surface area contributed by atoms with Gasteiger partial charge in [0.1, 0.15) is 0 Å². The zero-order chi connectivity index (χ0) is 14.4. The second-order valence-electron chi connectivity index (χ2n) is 4.56. The number of rotatable bonds is 6. The minimum atomic E-state index is -0.887. The lowest BCUT2D eigenvalue weighted by Crippen LogP contribution is -2.16. The summed E-state index contributed by atoms with van der Waals surface area (Å²) in [5, 5.41) is 12.3. The van der Waals surface area contributed by atoms with Crippen LogP contribution in [0.5, 0.6) is 0 Å². The van der Waals surface area contributed by atoms with Crippen LogP contribution in [0.25, 0.3) is 0 Å². The Morgan fingerprint density at radius 1 is 1.10 bits per heavy atom. The summed E-state index contributed by atoms with van der Waals surface area (Å²) in [5.74, 6) is -0.887. The van der Waals surface area contributed by atoms with E-state index in [0.717, 1.165) is 23.0 Å². The smallest absolute Gasteiger partial charge is 0.335 e. The van der Waals surface area contributed by atoms with Crippen LogP contribution in [-0.4, -0.2) is 17.6 Å². The highest BCUT2D eigenvalue weighted by Gasteiger charge is 2.02. The Morgan fingerprint density at radius 3 is 2.55 bits per heavy atom. The number of carboxylic acid groups (broad SMARTS) is 1. The van der Waals surface area contributed by atoms with Crippen molar-refractivity contribution in [3.05, 3.63) is 69.7 Å². The molecule has 4 heteroatoms. The molecule has 2 aromatic carbocycles. The molecule has 2 N–H and O–H groups in total. The molecule has 0 amide bonds. The molecule has 2 aromatic rings. The maximum absolute atomic E-state index is 10.9. The third-order valence-electron chi connectivity index (χ3n) is 3.01. The number of hydrogen-bond acceptors (Lipinski definition) is 2. The maximum atomic E-state index is 10.9. The van der Waals surface area contributed by atoms with Gasteiger partial charge in [0.25, 0.3) is 0 Å². The normalized spacial score (nSPS) is 10.4. The van der Waals surface area contributed by atoms with E-state index in [4.69, 9.17) is 5.11 Å². The highest BCUT2D eigenvalue weighted by atomic mass is 79.9. The van der Waals surface area contributed by atoms with E-state index in [0.29, 0.717) is 12.1 Å². The van der Waals surface area contributed by atoms with Gasteiger partial charge in [-0.2, -0.15) is 0 Å². The fourth-order valence-electron chi connectivity index (χ4n) is 1.93. The second kappa shape index (κ2) is 7.22. The molecule has 0 aromatic heterocycles. The lowest BCUT2D eigenvalue weighted by molar-refractivity contribution is 0.0696. The van der Waals surface area contributed by atoms with Gasteiger partial charge in [-0.3, -0.25) is 0 Å². The first-order valence-corrected chi connectivity index (χ1v) is 7.22. The molecule has 3 nitrogen and oxygen atoms in total. The highest BCUT2D eigenvalue weighted by Crippen LogP contribution is 2.10. The third kappa shape index (κ3) is 4.47. The van der Waals surface area contributed by atoms with Crippen LogP contribution in [0.2, 0.25) is 0 Å². The molecule has 0 heterocycles. The van der Waals surface area contributed by atoms with Gasteiger partial charge >= 0.3 is 5.97 Å². The Balaban J connectivity index is 1.79. The lowest BCUT2D eigenvalue weighted by Gasteiger charge is -2.06. The summed E-state index contributed by atoms with van der Waals surface area (Å²) in [6, 6.07) is 15.3. The van der Waals surface area contributed by atoms with Gasteiger partial charge in [-0.05, 0) is 48.4 Å². The fraction of sp³-hybridized carbons (Fsp3) is 0.188. The topological polar surface area (TPSA) is 49.3 Å². The summed E-state index contributed by atoms with van der Waals surface area (Å²) in [6.45, 7) is 1.54. The lowest BCUT2D eigenvalue weighted by atomic mass is 10.1. The van der Waals surface area contributed by atoms with Crippen molar-refractivity contribution in [3.63, 3.8) is 0 Å². The molecule has 104 valence electrons. The molecule has 0 saturated carbocycles. The fourth-order valence-corrected chi connectivity index (χ4v) is 2.20. The average molecular weight is 334 g/mol. The molecular weight excluding hydrogens is 318 g/mol. The van der Waals surface area contributed by atoms with Crippen molar-refractivity contribution in [2.24, 2.45) is 0 Å². The number of nitrogens with one attached hydrogen (secondary N) is 1. The summed E-state index contributed by atoms with van der Waals surface area (Å²) in [4.78, 5) is 10.9. The van der Waals surface area contributed by atoms with Crippen LogP contribution in [0.4, 0.5) is 0 Å². The molecule has 2 rings (SSSR count). The van der Waals surface area contributed by atoms with Crippen LogP contribution in [0.15, 0.2) is 53.0 Å². The van der Waals surface area contributed by atoms with E-state index in [-0.39, 0.29) is 0 Å². The highest BCUT2D eigenvalue weighted by molar-refractivity contribution is 9.10. The van der Waals surface area contributed by atoms with Crippen LogP contribution in [0.1, 0.15) is 21.5 Å². The molecule has 0 fully saturated rings. The Kier molecular flexibility index (Phi) is 5.32. The number of halogens is 1. The van der Waals surface area contributed by atoms with Crippen molar-refractivity contribution in [1.29, 1.82) is 0 Å². The number of carbonyl (C=O) groups is 1. The first-order valence-electron chi connectivity index (χ1n) is 6.42. The van der Waals surface area contributed by atoms with Crippen molar-refractivity contribution < 1.29 is 9.90 Å². The monoisotopic (exact) mass is 333 g/mol. The summed E-state index contributed by atoms with van der Waals surface area (Å²) < 4.78 is 1.08. The van der Waals surface area contributed by atoms with Crippen LogP contribution in [0.3, 0.4) is 0 Å². The molecule has 0 aliphatic rings. The van der Waals surface area contributed by atoms with Crippen molar-refractivity contribution in [3.8, 4) is 0 Å². The van der Waals surface area contributed by atoms with E-state index in [1.807, 2.05) is 18.2 Å². The third-order valence-corrected chi connectivity index (χ3v) is 3.54. The molecule has 0 atom stereocenters. The van der Waals surface area contributed by atoms with Crippen LogP contribution in [-0.2, 0) is 13.0 Å². The molecule has 0 radical (unpaired) electrons. The molecule has 0 aliphatic carbocycles. The molecule has 0 spiro atoms. The first-order chi connectivity index (χ1) is 9.65. The minimum absolute atomic E-state index is 0.331. The zero-order valence-electron chi connectivity index (χ0n) is 11.0. The molecule has 20 heavy (non-hydrogen) atoms. The van der Waals surface area contributed by atoms with Gasteiger partial charge in [0.2, 0.25) is 0 Å². The Morgan fingerprint density at radius 2 is 1.85 bits per heavy atom. The Bertz CT molecular complexity index is 581. The Labute approximate surface area is 126 Å². The standard InChI is InChI=1S/C16H16BrNO2/c17-15-6-4-12(5-7-15)8-9-18-11-13-2-1-3-14(10-13)16(19)20/h1-7,10,18H,8-9,11H2,(H,19,20). The predicted octanol–water partition coefficient (Wildman–Crippen LogP) is 3.48. The van der Waals surface area contributed by atoms with Gasteiger partial charge < -0.3 is 10.4 Å². The summed E-state index contributed by atoms with van der Waals surface area (Å²) >= 11 is 3.41. The van der Waals surface area contributed by atoms with Gasteiger partial charge in [0, 0.05) is 11.0 Å². The van der Waals surface area contributed by atoms with Gasteiger partial charge in [0.05, 0.1) is 5.56 Å². The van der Waals surface area contributed by atoms with E-state index >= 15 is 0 Å². The summed E-state index contributed by atoms with van der Waals surface area (Å²) in [5.41, 5.74) is 2.60. The zero-order valence-corrected chi connectivity index (χ0v) is 12.6.